The first kappa shape index (κ1) is 27.5. The van der Waals surface area contributed by atoms with Crippen molar-refractivity contribution in [1.29, 1.82) is 0 Å². The number of nitrogens with zero attached hydrogens (tertiary/aromatic N) is 3. The highest BCUT2D eigenvalue weighted by molar-refractivity contribution is 6.01. The number of aromatic hydroxyl groups is 1. The number of aryl methyl sites for hydroxylation is 2. The molecule has 0 atom stereocenters. The fourth-order valence-electron chi connectivity index (χ4n) is 6.64. The van der Waals surface area contributed by atoms with E-state index in [1.165, 1.54) is 16.7 Å². The largest absolute Gasteiger partial charge is 0.507 e. The zero-order valence-corrected chi connectivity index (χ0v) is 25.6. The van der Waals surface area contributed by atoms with Gasteiger partial charge >= 0.3 is 0 Å². The van der Waals surface area contributed by atoms with Crippen LogP contribution in [0.4, 0.5) is 0 Å². The molecule has 0 amide bonds. The van der Waals surface area contributed by atoms with Gasteiger partial charge in [-0.15, -0.1) is 0 Å². The first-order valence-electron chi connectivity index (χ1n) is 15.5. The van der Waals surface area contributed by atoms with E-state index in [2.05, 4.69) is 115 Å². The number of pyridine rings is 2. The number of imidazole rings is 1. The number of fused-ring (bicyclic) bond motifs is 2. The molecule has 5 aromatic carbocycles. The van der Waals surface area contributed by atoms with Crippen LogP contribution >= 0.6 is 0 Å². The molecular weight excluding hydrogens is 562 g/mol. The number of rotatable bonds is 5. The van der Waals surface area contributed by atoms with Crippen molar-refractivity contribution in [3.63, 3.8) is 0 Å². The molecule has 0 saturated heterocycles. The van der Waals surface area contributed by atoms with Gasteiger partial charge in [-0.25, -0.2) is 9.97 Å². The predicted octanol–water partition coefficient (Wildman–Crippen LogP) is 10.5. The van der Waals surface area contributed by atoms with Crippen molar-refractivity contribution in [2.75, 3.05) is 0 Å². The van der Waals surface area contributed by atoms with E-state index in [0.717, 1.165) is 61.4 Å². The van der Waals surface area contributed by atoms with Crippen LogP contribution in [0.1, 0.15) is 11.1 Å². The van der Waals surface area contributed by atoms with E-state index >= 15 is 0 Å². The number of aromatic nitrogens is 3. The minimum atomic E-state index is 0.204. The van der Waals surface area contributed by atoms with Crippen LogP contribution in [0.3, 0.4) is 0 Å². The number of hydrogen-bond donors (Lipinski definition) is 1. The Hall–Kier alpha value is -6.00. The second-order valence-electron chi connectivity index (χ2n) is 11.8. The van der Waals surface area contributed by atoms with Crippen molar-refractivity contribution in [2.45, 2.75) is 13.8 Å². The average molecular weight is 594 g/mol. The van der Waals surface area contributed by atoms with E-state index < -0.39 is 0 Å². The fraction of sp³-hybridized carbons (Fsp3) is 0.0476. The second kappa shape index (κ2) is 11.2. The van der Waals surface area contributed by atoms with E-state index in [-0.39, 0.29) is 5.75 Å². The van der Waals surface area contributed by atoms with Gasteiger partial charge < -0.3 is 5.11 Å². The summed E-state index contributed by atoms with van der Waals surface area (Å²) in [6.07, 6.45) is 2.07. The number of para-hydroxylation sites is 1. The molecule has 0 aliphatic carbocycles. The molecular formula is C42H31N3O. The topological polar surface area (TPSA) is 50.4 Å². The minimum Gasteiger partial charge on any atom is -0.507 e. The third-order valence-electron chi connectivity index (χ3n) is 8.76. The van der Waals surface area contributed by atoms with Crippen molar-refractivity contribution in [1.82, 2.24) is 14.4 Å². The summed E-state index contributed by atoms with van der Waals surface area (Å²) in [4.78, 5) is 10.4. The van der Waals surface area contributed by atoms with Gasteiger partial charge in [-0.05, 0) is 95.4 Å². The van der Waals surface area contributed by atoms with Gasteiger partial charge in [0.15, 0.2) is 0 Å². The third-order valence-corrected chi connectivity index (χ3v) is 8.76. The Kier molecular flexibility index (Phi) is 6.69. The maximum atomic E-state index is 10.9. The molecule has 4 heteroatoms. The molecule has 8 aromatic rings. The Morgan fingerprint density at radius 2 is 1.24 bits per heavy atom. The summed E-state index contributed by atoms with van der Waals surface area (Å²) >= 11 is 0. The molecule has 0 aliphatic heterocycles. The lowest BCUT2D eigenvalue weighted by atomic mass is 9.91. The molecule has 4 nitrogen and oxygen atoms in total. The monoisotopic (exact) mass is 593 g/mol. The maximum Gasteiger partial charge on any atom is 0.137 e. The van der Waals surface area contributed by atoms with Gasteiger partial charge in [-0.1, -0.05) is 91.0 Å². The molecule has 0 radical (unpaired) electrons. The fourth-order valence-corrected chi connectivity index (χ4v) is 6.64. The van der Waals surface area contributed by atoms with Gasteiger partial charge in [0.2, 0.25) is 0 Å². The summed E-state index contributed by atoms with van der Waals surface area (Å²) < 4.78 is 2.16. The Bertz CT molecular complexity index is 2390. The molecule has 0 bridgehead atoms. The van der Waals surface area contributed by atoms with Crippen molar-refractivity contribution in [3.8, 4) is 61.9 Å². The average Bonchev–Trinajstić information content (AvgIpc) is 3.48. The summed E-state index contributed by atoms with van der Waals surface area (Å²) in [6.45, 7) is 4.29. The van der Waals surface area contributed by atoms with Crippen molar-refractivity contribution in [3.05, 3.63) is 157 Å². The van der Waals surface area contributed by atoms with E-state index in [0.29, 0.717) is 5.56 Å². The summed E-state index contributed by atoms with van der Waals surface area (Å²) in [5, 5.41) is 13.1. The molecule has 220 valence electrons. The quantitative estimate of drug-likeness (QED) is 0.216. The Morgan fingerprint density at radius 3 is 2.04 bits per heavy atom. The lowest BCUT2D eigenvalue weighted by molar-refractivity contribution is 0.477. The second-order valence-corrected chi connectivity index (χ2v) is 11.8. The van der Waals surface area contributed by atoms with Gasteiger partial charge in [-0.3, -0.25) is 4.40 Å². The SMILES string of the molecule is Cc1cccc(C)c1-c1cc(-c2ccccc2O)nc(-c2cc(-c3nc4ccccn4c3-c3ccccc3)cc3ccccc23)c1. The van der Waals surface area contributed by atoms with Crippen LogP contribution in [0, 0.1) is 13.8 Å². The smallest absolute Gasteiger partial charge is 0.137 e. The molecule has 46 heavy (non-hydrogen) atoms. The summed E-state index contributed by atoms with van der Waals surface area (Å²) in [7, 11) is 0. The molecule has 0 aliphatic rings. The number of hydrogen-bond acceptors (Lipinski definition) is 3. The van der Waals surface area contributed by atoms with E-state index in [9.17, 15) is 5.11 Å². The molecule has 0 spiro atoms. The molecule has 8 rings (SSSR count). The van der Waals surface area contributed by atoms with Gasteiger partial charge in [0.25, 0.3) is 0 Å². The van der Waals surface area contributed by atoms with E-state index in [1.54, 1.807) is 6.07 Å². The maximum absolute atomic E-state index is 10.9. The summed E-state index contributed by atoms with van der Waals surface area (Å²) in [5.41, 5.74) is 12.8. The number of phenolic OH excluding ortho intramolecular Hbond substituents is 1. The first-order chi connectivity index (χ1) is 22.5. The standard InChI is InChI=1S/C42H31N3O/c1-27-13-12-14-28(2)40(27)31-25-36(34-19-8-9-20-38(34)46)43-37(26-31)35-24-32(23-30-17-6-7-18-33(30)35)41-42(29-15-4-3-5-16-29)45-22-11-10-21-39(45)44-41/h3-26,46H,1-2H3. The van der Waals surface area contributed by atoms with Gasteiger partial charge in [0.05, 0.1) is 22.8 Å². The Labute approximate surface area is 267 Å². The number of phenols is 1. The van der Waals surface area contributed by atoms with Gasteiger partial charge in [0.1, 0.15) is 11.4 Å². The van der Waals surface area contributed by atoms with Crippen molar-refractivity contribution in [2.24, 2.45) is 0 Å². The molecule has 0 unspecified atom stereocenters. The van der Waals surface area contributed by atoms with Crippen molar-refractivity contribution < 1.29 is 5.11 Å². The van der Waals surface area contributed by atoms with E-state index in [4.69, 9.17) is 9.97 Å². The lowest BCUT2D eigenvalue weighted by Gasteiger charge is -2.16. The summed E-state index contributed by atoms with van der Waals surface area (Å²) in [6, 6.07) is 47.5. The molecule has 0 saturated carbocycles. The van der Waals surface area contributed by atoms with Crippen LogP contribution in [-0.4, -0.2) is 19.5 Å². The molecule has 0 fully saturated rings. The van der Waals surface area contributed by atoms with Crippen LogP contribution < -0.4 is 0 Å². The highest BCUT2D eigenvalue weighted by Gasteiger charge is 2.20. The predicted molar refractivity (Wildman–Crippen MR) is 189 cm³/mol. The third kappa shape index (κ3) is 4.72. The summed E-state index contributed by atoms with van der Waals surface area (Å²) in [5.74, 6) is 0.204. The van der Waals surface area contributed by atoms with Crippen LogP contribution in [0.15, 0.2) is 146 Å². The van der Waals surface area contributed by atoms with Gasteiger partial charge in [0, 0.05) is 28.5 Å². The van der Waals surface area contributed by atoms with Crippen molar-refractivity contribution >= 4 is 16.4 Å². The van der Waals surface area contributed by atoms with Crippen LogP contribution in [-0.2, 0) is 0 Å². The number of benzene rings is 5. The first-order valence-corrected chi connectivity index (χ1v) is 15.5. The van der Waals surface area contributed by atoms with Crippen LogP contribution in [0.5, 0.6) is 5.75 Å². The molecule has 3 heterocycles. The minimum absolute atomic E-state index is 0.204. The highest BCUT2D eigenvalue weighted by atomic mass is 16.3. The van der Waals surface area contributed by atoms with Crippen LogP contribution in [0.2, 0.25) is 0 Å². The highest BCUT2D eigenvalue weighted by Crippen LogP contribution is 2.41. The zero-order valence-electron chi connectivity index (χ0n) is 25.6. The molecule has 1 N–H and O–H groups in total. The van der Waals surface area contributed by atoms with E-state index in [1.807, 2.05) is 42.5 Å². The zero-order chi connectivity index (χ0) is 31.2. The molecule has 3 aromatic heterocycles. The lowest BCUT2D eigenvalue weighted by Crippen LogP contribution is -1.96. The van der Waals surface area contributed by atoms with Gasteiger partial charge in [-0.2, -0.15) is 0 Å². The Balaban J connectivity index is 1.43. The Morgan fingerprint density at radius 1 is 0.543 bits per heavy atom. The normalized spacial score (nSPS) is 11.3. The van der Waals surface area contributed by atoms with Crippen LogP contribution in [0.25, 0.3) is 72.6 Å².